The van der Waals surface area contributed by atoms with E-state index < -0.39 is 240 Å². The molecule has 6 saturated heterocycles. The maximum absolute atomic E-state index is 10.9. The van der Waals surface area contributed by atoms with E-state index in [4.69, 9.17) is 104 Å². The minimum Gasteiger partial charge on any atom is -0.396 e. The lowest BCUT2D eigenvalue weighted by Gasteiger charge is -2.51. The molecular weight excluding hydrogens is 1360 g/mol. The second-order valence-electron chi connectivity index (χ2n) is 25.8. The van der Waals surface area contributed by atoms with Crippen LogP contribution in [0, 0.1) is 5.92 Å². The topological polar surface area (TPSA) is 510 Å². The molecule has 0 aromatic rings. The van der Waals surface area contributed by atoms with E-state index in [1.54, 1.807) is 71.1 Å². The van der Waals surface area contributed by atoms with Crippen LogP contribution < -0.4 is 10.6 Å². The molecule has 2 aliphatic carbocycles. The SMILES string of the molecule is CC1O[C@@H](O[C@H]2C(CO)O[C@@H](O[C@H]3C(CO)OC(O)C(O)[C@@H]3O)C(O)[C@@H]2O)C(O)[C@H](O)[C@H]1N[C@@H]1C=C(CO)[C@H](O)[C@@H](O)C1O.COCC1=C[C@@H](N[C@H]2C(C)O[C@@H](O[C@H]3C(COC)O[C@@H](O[C@H]4C(COC)OC(OC)C(OC)[C@@H]4OC)C(OC)[C@@H]3OC)C(OC)[C@@H]2OC)C(OC)[C@H](OC)[C@H]1CO. The quantitative estimate of drug-likeness (QED) is 0.0287. The summed E-state index contributed by atoms with van der Waals surface area (Å²) >= 11 is 0. The Bertz CT molecular complexity index is 2450. The van der Waals surface area contributed by atoms with Crippen molar-refractivity contribution in [1.82, 2.24) is 10.6 Å². The van der Waals surface area contributed by atoms with Crippen LogP contribution in [0.1, 0.15) is 13.8 Å². The van der Waals surface area contributed by atoms with E-state index in [0.717, 1.165) is 5.57 Å². The van der Waals surface area contributed by atoms with Gasteiger partial charge in [0.2, 0.25) is 0 Å². The maximum atomic E-state index is 10.9. The van der Waals surface area contributed by atoms with Crippen molar-refractivity contribution in [3.63, 3.8) is 0 Å². The van der Waals surface area contributed by atoms with Crippen LogP contribution in [0.15, 0.2) is 23.3 Å². The first-order valence-corrected chi connectivity index (χ1v) is 33.3. The fraction of sp³-hybridized carbons (Fsp3) is 0.937. The average Bonchev–Trinajstić information content (AvgIpc) is 0.787. The van der Waals surface area contributed by atoms with Crippen LogP contribution in [-0.2, 0) is 104 Å². The summed E-state index contributed by atoms with van der Waals surface area (Å²) < 4.78 is 130. The van der Waals surface area contributed by atoms with E-state index >= 15 is 0 Å². The van der Waals surface area contributed by atoms with Gasteiger partial charge in [0.05, 0.1) is 88.7 Å². The van der Waals surface area contributed by atoms with Crippen LogP contribution in [0.2, 0.25) is 0 Å². The van der Waals surface area contributed by atoms with Crippen LogP contribution in [-0.4, -0.2) is 430 Å². The van der Waals surface area contributed by atoms with Crippen molar-refractivity contribution in [1.29, 1.82) is 0 Å². The number of rotatable bonds is 31. The average molecular weight is 1470 g/mol. The highest BCUT2D eigenvalue weighted by Gasteiger charge is 2.58. The van der Waals surface area contributed by atoms with E-state index in [9.17, 15) is 71.5 Å². The molecule has 101 heavy (non-hydrogen) atoms. The Morgan fingerprint density at radius 1 is 0.337 bits per heavy atom. The minimum atomic E-state index is -1.93. The van der Waals surface area contributed by atoms with Crippen molar-refractivity contribution in [2.24, 2.45) is 5.92 Å². The first-order valence-electron chi connectivity index (χ1n) is 33.3. The van der Waals surface area contributed by atoms with E-state index in [1.165, 1.54) is 27.2 Å². The summed E-state index contributed by atoms with van der Waals surface area (Å²) in [7, 11) is 18.9. The monoisotopic (exact) mass is 1470 g/mol. The van der Waals surface area contributed by atoms with Gasteiger partial charge in [-0.3, -0.25) is 0 Å². The Morgan fingerprint density at radius 3 is 1.26 bits per heavy atom. The van der Waals surface area contributed by atoms with Gasteiger partial charge in [-0.15, -0.1) is 0 Å². The summed E-state index contributed by atoms with van der Waals surface area (Å²) in [6.07, 6.45) is -35.6. The second kappa shape index (κ2) is 40.4. The number of hydrogen-bond donors (Lipinski definition) is 16. The van der Waals surface area contributed by atoms with Gasteiger partial charge < -0.3 is 186 Å². The van der Waals surface area contributed by atoms with Gasteiger partial charge in [-0.05, 0) is 25.0 Å². The highest BCUT2D eigenvalue weighted by molar-refractivity contribution is 5.24. The Kier molecular flexibility index (Phi) is 34.5. The summed E-state index contributed by atoms with van der Waals surface area (Å²) in [5.74, 6) is -0.303. The van der Waals surface area contributed by atoms with Crippen molar-refractivity contribution in [3.8, 4) is 0 Å². The van der Waals surface area contributed by atoms with Crippen LogP contribution in [0.25, 0.3) is 0 Å². The zero-order valence-electron chi connectivity index (χ0n) is 59.3. The number of aliphatic hydroxyl groups is 14. The Labute approximate surface area is 586 Å². The standard InChI is InChI=1S/C38H69NO18.C25H43NO18/c1-19-25(39-22-14-20(16-41-2)21(15-40)26(44-5)27(22)45-6)30(46-7)33(49-10)37(53-19)56-29-24(18-43-4)55-38(35(51-12)32(29)48-9)57-28-23(17-42-3)54-36(52-13)34(50-11)31(28)47-8;1-6-11(26-8-2-7(3-27)12(30)15(33)13(8)31)14(32)19(37)24(40-6)43-22-10(5-29)42-25(20(38)17(22)35)44-21-9(4-28)41-23(39)18(36)16(21)34/h14,19,21-40H,15-18H2,1-13H3;2,6,8-39H,3-5H2,1H3/t19?,21-,22+,23?,24?,25-,26+,27?,28-,29-,30+,31+,32+,33?,34?,35?,36?,37-,38-;6?,8-,9?,10?,11+,12+,13?,14-,15-,16+,17+,18?,19?,20?,21+,22+,23?,24+,25+/m01/s1. The molecule has 0 aromatic carbocycles. The van der Waals surface area contributed by atoms with Gasteiger partial charge in [0, 0.05) is 91.2 Å². The molecule has 0 radical (unpaired) electrons. The fourth-order valence-electron chi connectivity index (χ4n) is 14.6. The van der Waals surface area contributed by atoms with Crippen LogP contribution in [0.5, 0.6) is 0 Å². The molecule has 0 aromatic heterocycles. The third-order valence-corrected chi connectivity index (χ3v) is 19.9. The summed E-state index contributed by atoms with van der Waals surface area (Å²) in [6.45, 7) is 1.65. The van der Waals surface area contributed by atoms with Crippen molar-refractivity contribution in [2.45, 2.75) is 241 Å². The van der Waals surface area contributed by atoms with Gasteiger partial charge in [-0.1, -0.05) is 12.2 Å². The highest BCUT2D eigenvalue weighted by Crippen LogP contribution is 2.39. The molecule has 590 valence electrons. The first kappa shape index (κ1) is 86.2. The third kappa shape index (κ3) is 19.2. The number of aliphatic hydroxyl groups excluding tert-OH is 14. The predicted molar refractivity (Wildman–Crippen MR) is 338 cm³/mol. The van der Waals surface area contributed by atoms with Gasteiger partial charge in [0.15, 0.2) is 37.7 Å². The third-order valence-electron chi connectivity index (χ3n) is 19.9. The smallest absolute Gasteiger partial charge is 0.187 e. The van der Waals surface area contributed by atoms with Gasteiger partial charge in [-0.25, -0.2) is 0 Å². The van der Waals surface area contributed by atoms with Crippen LogP contribution in [0.3, 0.4) is 0 Å². The van der Waals surface area contributed by atoms with Crippen molar-refractivity contribution in [2.75, 3.05) is 132 Å². The normalized spacial score (nSPS) is 46.9. The molecule has 0 amide bonds. The largest absolute Gasteiger partial charge is 0.396 e. The lowest BCUT2D eigenvalue weighted by atomic mass is 9.80. The molecule has 6 fully saturated rings. The number of nitrogens with one attached hydrogen (secondary N) is 2. The van der Waals surface area contributed by atoms with Gasteiger partial charge in [-0.2, -0.15) is 0 Å². The van der Waals surface area contributed by atoms with Crippen LogP contribution in [0.4, 0.5) is 0 Å². The van der Waals surface area contributed by atoms with Crippen molar-refractivity contribution < 1.29 is 176 Å². The molecule has 6 heterocycles. The Morgan fingerprint density at radius 2 is 0.762 bits per heavy atom. The molecule has 38 atom stereocenters. The molecule has 0 saturated carbocycles. The second-order valence-corrected chi connectivity index (χ2v) is 25.8. The van der Waals surface area contributed by atoms with Crippen molar-refractivity contribution >= 4 is 0 Å². The highest BCUT2D eigenvalue weighted by atomic mass is 16.8. The summed E-state index contributed by atoms with van der Waals surface area (Å²) in [6, 6.07) is -2.94. The molecule has 0 bridgehead atoms. The Balaban J connectivity index is 0.000000293. The van der Waals surface area contributed by atoms with Gasteiger partial charge >= 0.3 is 0 Å². The summed E-state index contributed by atoms with van der Waals surface area (Å²) in [5, 5.41) is 150. The number of methoxy groups -OCH3 is 12. The fourth-order valence-corrected chi connectivity index (χ4v) is 14.6. The van der Waals surface area contributed by atoms with E-state index in [-0.39, 0.29) is 37.4 Å². The molecule has 38 nitrogen and oxygen atoms in total. The minimum absolute atomic E-state index is 0.0225. The van der Waals surface area contributed by atoms with Gasteiger partial charge in [0.1, 0.15) is 146 Å². The lowest BCUT2D eigenvalue weighted by molar-refractivity contribution is -0.381. The van der Waals surface area contributed by atoms with E-state index in [0.29, 0.717) is 6.61 Å². The van der Waals surface area contributed by atoms with E-state index in [1.807, 2.05) is 13.0 Å². The zero-order chi connectivity index (χ0) is 74.4. The lowest BCUT2D eigenvalue weighted by Crippen LogP contribution is -2.69. The molecule has 6 aliphatic heterocycles. The number of ether oxygens (including phenoxy) is 22. The van der Waals surface area contributed by atoms with Crippen molar-refractivity contribution in [3.05, 3.63) is 23.3 Å². The molecule has 16 unspecified atom stereocenters. The molecule has 8 aliphatic rings. The summed E-state index contributed by atoms with van der Waals surface area (Å²) in [4.78, 5) is 0. The summed E-state index contributed by atoms with van der Waals surface area (Å²) in [5.41, 5.74) is 0.914. The number of hydrogen-bond acceptors (Lipinski definition) is 38. The van der Waals surface area contributed by atoms with E-state index in [2.05, 4.69) is 10.6 Å². The van der Waals surface area contributed by atoms with Gasteiger partial charge in [0.25, 0.3) is 0 Å². The molecule has 38 heteroatoms. The maximum Gasteiger partial charge on any atom is 0.187 e. The molecule has 0 spiro atoms. The molecular formula is C63H112N2O36. The molecule has 16 N–H and O–H groups in total. The Hall–Kier alpha value is -2.04. The first-order chi connectivity index (χ1) is 48.4. The van der Waals surface area contributed by atoms with Crippen LogP contribution >= 0.6 is 0 Å². The molecule has 8 rings (SSSR count). The zero-order valence-corrected chi connectivity index (χ0v) is 59.3. The predicted octanol–water partition coefficient (Wildman–Crippen LogP) is -9.03.